The molecule has 6 heteroatoms. The van der Waals surface area contributed by atoms with Gasteiger partial charge in [-0.25, -0.2) is 0 Å². The molecule has 0 aromatic heterocycles. The van der Waals surface area contributed by atoms with Crippen LogP contribution in [0.5, 0.6) is 0 Å². The summed E-state index contributed by atoms with van der Waals surface area (Å²) >= 11 is 0. The lowest BCUT2D eigenvalue weighted by Crippen LogP contribution is -2.45. The van der Waals surface area contributed by atoms with Crippen molar-refractivity contribution in [3.8, 4) is 0 Å². The van der Waals surface area contributed by atoms with Gasteiger partial charge in [0.05, 0.1) is 25.4 Å². The van der Waals surface area contributed by atoms with E-state index >= 15 is 0 Å². The molecule has 1 amide bonds. The third kappa shape index (κ3) is 57.1. The van der Waals surface area contributed by atoms with E-state index in [2.05, 4.69) is 55.6 Å². The molecule has 0 saturated carbocycles. The molecule has 0 aliphatic carbocycles. The van der Waals surface area contributed by atoms with E-state index in [-0.39, 0.29) is 18.5 Å². The molecule has 0 aliphatic rings. The zero-order valence-corrected chi connectivity index (χ0v) is 48.2. The van der Waals surface area contributed by atoms with E-state index in [1.807, 2.05) is 6.08 Å². The Kier molecular flexibility index (Phi) is 59.5. The van der Waals surface area contributed by atoms with Crippen LogP contribution in [0.15, 0.2) is 48.6 Å². The first-order valence-electron chi connectivity index (χ1n) is 31.9. The largest absolute Gasteiger partial charge is 0.466 e. The summed E-state index contributed by atoms with van der Waals surface area (Å²) in [6, 6.07) is -0.638. The van der Waals surface area contributed by atoms with Crippen molar-refractivity contribution in [1.29, 1.82) is 0 Å². The van der Waals surface area contributed by atoms with Gasteiger partial charge in [-0.2, -0.15) is 0 Å². The van der Waals surface area contributed by atoms with E-state index in [1.54, 1.807) is 6.08 Å². The van der Waals surface area contributed by atoms with Crippen molar-refractivity contribution in [2.24, 2.45) is 0 Å². The topological polar surface area (TPSA) is 95.9 Å². The van der Waals surface area contributed by atoms with Gasteiger partial charge < -0.3 is 20.3 Å². The van der Waals surface area contributed by atoms with Crippen LogP contribution in [0.25, 0.3) is 0 Å². The highest BCUT2D eigenvalue weighted by Crippen LogP contribution is 2.17. The summed E-state index contributed by atoms with van der Waals surface area (Å²) in [5.74, 6) is -0.0985. The molecule has 0 aliphatic heterocycles. The van der Waals surface area contributed by atoms with Crippen LogP contribution in [-0.2, 0) is 14.3 Å². The highest BCUT2D eigenvalue weighted by Gasteiger charge is 2.18. The quantitative estimate of drug-likeness (QED) is 0.0244. The monoisotopic (exact) mass is 1010 g/mol. The summed E-state index contributed by atoms with van der Waals surface area (Å²) in [6.45, 7) is 4.87. The lowest BCUT2D eigenvalue weighted by atomic mass is 10.0. The Morgan fingerprint density at radius 2 is 0.694 bits per heavy atom. The summed E-state index contributed by atoms with van der Waals surface area (Å²) in [7, 11) is 0. The van der Waals surface area contributed by atoms with Gasteiger partial charge in [-0.1, -0.05) is 281 Å². The Morgan fingerprint density at radius 1 is 0.389 bits per heavy atom. The van der Waals surface area contributed by atoms with Crippen molar-refractivity contribution in [1.82, 2.24) is 5.32 Å². The molecule has 0 heterocycles. The number of unbranched alkanes of at least 4 members (excludes halogenated alkanes) is 43. The fourth-order valence-electron chi connectivity index (χ4n) is 9.68. The van der Waals surface area contributed by atoms with E-state index in [0.717, 1.165) is 77.0 Å². The normalized spacial score (nSPS) is 12.9. The summed E-state index contributed by atoms with van der Waals surface area (Å²) in [6.07, 6.45) is 78.7. The third-order valence-electron chi connectivity index (χ3n) is 14.6. The Morgan fingerprint density at radius 3 is 1.07 bits per heavy atom. The van der Waals surface area contributed by atoms with Crippen LogP contribution in [0.3, 0.4) is 0 Å². The number of carbonyl (C=O) groups is 2. The van der Waals surface area contributed by atoms with E-state index < -0.39 is 12.1 Å². The van der Waals surface area contributed by atoms with Crippen molar-refractivity contribution in [3.63, 3.8) is 0 Å². The number of rotatable bonds is 59. The van der Waals surface area contributed by atoms with Crippen molar-refractivity contribution in [2.45, 2.75) is 347 Å². The van der Waals surface area contributed by atoms with Crippen LogP contribution in [0.1, 0.15) is 335 Å². The molecule has 2 atom stereocenters. The number of hydrogen-bond acceptors (Lipinski definition) is 5. The van der Waals surface area contributed by atoms with Crippen molar-refractivity contribution in [3.05, 3.63) is 48.6 Å². The first kappa shape index (κ1) is 69.8. The number of allylic oxidation sites excluding steroid dienone is 7. The van der Waals surface area contributed by atoms with Gasteiger partial charge in [0.1, 0.15) is 0 Å². The molecule has 0 bridgehead atoms. The maximum Gasteiger partial charge on any atom is 0.305 e. The van der Waals surface area contributed by atoms with Crippen LogP contribution in [0.2, 0.25) is 0 Å². The van der Waals surface area contributed by atoms with E-state index in [9.17, 15) is 19.8 Å². The number of aliphatic hydroxyl groups excluding tert-OH is 2. The smallest absolute Gasteiger partial charge is 0.305 e. The van der Waals surface area contributed by atoms with Crippen LogP contribution in [-0.4, -0.2) is 47.4 Å². The predicted molar refractivity (Wildman–Crippen MR) is 315 cm³/mol. The molecule has 0 spiro atoms. The fraction of sp³-hybridized carbons (Fsp3) is 0.848. The standard InChI is InChI=1S/C66H123NO5/c1-3-5-7-9-11-13-15-17-19-20-21-22-23-25-28-31-34-38-42-46-50-54-58-64(69)63(62-68)67-65(70)59-55-51-47-43-39-35-32-29-26-24-27-30-33-37-41-45-49-53-57-61-72-66(71)60-56-52-48-44-40-36-18-16-14-12-10-8-6-4-2/h16,18,30,33,37,41,54,58,63-64,68-69H,3-15,17,19-29,31-32,34-36,38-40,42-53,55-57,59-62H2,1-2H3,(H,67,70)/b18-16-,33-30-,41-37-,58-54+. The number of ether oxygens (including phenoxy) is 1. The molecule has 3 N–H and O–H groups in total. The van der Waals surface area contributed by atoms with Gasteiger partial charge in [-0.05, 0) is 89.9 Å². The molecule has 0 saturated heterocycles. The number of amides is 1. The first-order valence-corrected chi connectivity index (χ1v) is 31.9. The van der Waals surface area contributed by atoms with Crippen molar-refractivity contribution < 1.29 is 24.5 Å². The number of nitrogens with one attached hydrogen (secondary N) is 1. The highest BCUT2D eigenvalue weighted by atomic mass is 16.5. The number of aliphatic hydroxyl groups is 2. The number of hydrogen-bond donors (Lipinski definition) is 3. The number of esters is 1. The van der Waals surface area contributed by atoms with Crippen LogP contribution >= 0.6 is 0 Å². The van der Waals surface area contributed by atoms with Crippen LogP contribution in [0.4, 0.5) is 0 Å². The Balaban J connectivity index is 3.51. The second kappa shape index (κ2) is 61.4. The zero-order valence-electron chi connectivity index (χ0n) is 48.2. The maximum absolute atomic E-state index is 12.5. The molecule has 0 fully saturated rings. The Bertz CT molecular complexity index is 1210. The Hall–Kier alpha value is -2.18. The lowest BCUT2D eigenvalue weighted by Gasteiger charge is -2.20. The van der Waals surface area contributed by atoms with Crippen LogP contribution < -0.4 is 5.32 Å². The third-order valence-corrected chi connectivity index (χ3v) is 14.6. The SMILES string of the molecule is CCCCCCC/C=C\CCCCCCCC(=O)OCCCCC/C=C\C=C/CCCCCCCCCCCCC(=O)NC(CO)C(O)/C=C/CCCCCCCCCCCCCCCCCCCCCC. The average molecular weight is 1010 g/mol. The maximum atomic E-state index is 12.5. The lowest BCUT2D eigenvalue weighted by molar-refractivity contribution is -0.143. The minimum atomic E-state index is -0.853. The van der Waals surface area contributed by atoms with E-state index in [1.165, 1.54) is 231 Å². The van der Waals surface area contributed by atoms with Gasteiger partial charge in [-0.15, -0.1) is 0 Å². The Labute approximate surface area is 448 Å². The second-order valence-corrected chi connectivity index (χ2v) is 21.8. The molecule has 0 aromatic rings. The van der Waals surface area contributed by atoms with Crippen molar-refractivity contribution in [2.75, 3.05) is 13.2 Å². The highest BCUT2D eigenvalue weighted by molar-refractivity contribution is 5.76. The first-order chi connectivity index (χ1) is 35.5. The zero-order chi connectivity index (χ0) is 52.2. The minimum absolute atomic E-state index is 0.0227. The molecular formula is C66H123NO5. The van der Waals surface area contributed by atoms with E-state index in [4.69, 9.17) is 4.74 Å². The van der Waals surface area contributed by atoms with E-state index in [0.29, 0.717) is 19.4 Å². The van der Waals surface area contributed by atoms with Gasteiger partial charge in [-0.3, -0.25) is 9.59 Å². The summed E-state index contributed by atoms with van der Waals surface area (Å²) < 4.78 is 5.45. The fourth-order valence-corrected chi connectivity index (χ4v) is 9.68. The molecule has 2 unspecified atom stereocenters. The average Bonchev–Trinajstić information content (AvgIpc) is 3.38. The molecule has 0 rings (SSSR count). The van der Waals surface area contributed by atoms with Gasteiger partial charge in [0.25, 0.3) is 0 Å². The second-order valence-electron chi connectivity index (χ2n) is 21.8. The summed E-state index contributed by atoms with van der Waals surface area (Å²) in [5.41, 5.74) is 0. The molecule has 0 radical (unpaired) electrons. The van der Waals surface area contributed by atoms with Gasteiger partial charge in [0, 0.05) is 12.8 Å². The molecule has 72 heavy (non-hydrogen) atoms. The molecule has 0 aromatic carbocycles. The van der Waals surface area contributed by atoms with Crippen LogP contribution in [0, 0.1) is 0 Å². The van der Waals surface area contributed by atoms with Crippen molar-refractivity contribution >= 4 is 11.9 Å². The molecular weight excluding hydrogens is 887 g/mol. The van der Waals surface area contributed by atoms with Gasteiger partial charge >= 0.3 is 5.97 Å². The van der Waals surface area contributed by atoms with Gasteiger partial charge in [0.15, 0.2) is 0 Å². The predicted octanol–water partition coefficient (Wildman–Crippen LogP) is 20.1. The summed E-state index contributed by atoms with van der Waals surface area (Å²) in [4.78, 5) is 24.5. The molecule has 422 valence electrons. The minimum Gasteiger partial charge on any atom is -0.466 e. The summed E-state index contributed by atoms with van der Waals surface area (Å²) in [5, 5.41) is 23.2. The number of carbonyl (C=O) groups excluding carboxylic acids is 2. The molecule has 6 nitrogen and oxygen atoms in total. The van der Waals surface area contributed by atoms with Gasteiger partial charge in [0.2, 0.25) is 5.91 Å².